The normalized spacial score (nSPS) is 21.6. The van der Waals surface area contributed by atoms with E-state index in [-0.39, 0.29) is 36.0 Å². The molecule has 0 bridgehead atoms. The Balaban J connectivity index is 1.51. The van der Waals surface area contributed by atoms with Gasteiger partial charge in [0.1, 0.15) is 17.9 Å². The van der Waals surface area contributed by atoms with Crippen molar-refractivity contribution >= 4 is 16.7 Å². The fraction of sp³-hybridized carbons (Fsp3) is 0.536. The van der Waals surface area contributed by atoms with Crippen molar-refractivity contribution in [2.24, 2.45) is 7.05 Å². The molecule has 0 radical (unpaired) electrons. The van der Waals surface area contributed by atoms with Crippen LogP contribution in [0.3, 0.4) is 0 Å². The zero-order valence-corrected chi connectivity index (χ0v) is 21.6. The number of fused-ring (bicyclic) bond motifs is 1. The van der Waals surface area contributed by atoms with Crippen LogP contribution in [0.5, 0.6) is 0 Å². The molecule has 36 heavy (non-hydrogen) atoms. The van der Waals surface area contributed by atoms with Crippen LogP contribution in [-0.2, 0) is 13.6 Å². The maximum absolute atomic E-state index is 14.1. The van der Waals surface area contributed by atoms with E-state index in [2.05, 4.69) is 36.6 Å². The Morgan fingerprint density at radius 3 is 2.58 bits per heavy atom. The van der Waals surface area contributed by atoms with Gasteiger partial charge in [-0.05, 0) is 61.8 Å². The van der Waals surface area contributed by atoms with Crippen molar-refractivity contribution in [2.75, 3.05) is 18.0 Å². The summed E-state index contributed by atoms with van der Waals surface area (Å²) in [7, 11) is 1.75. The molecule has 0 N–H and O–H groups in total. The Bertz CT molecular complexity index is 1370. The third kappa shape index (κ3) is 4.30. The maximum atomic E-state index is 14.1. The van der Waals surface area contributed by atoms with Crippen molar-refractivity contribution in [1.82, 2.24) is 19.2 Å². The fourth-order valence-corrected chi connectivity index (χ4v) is 5.92. The quantitative estimate of drug-likeness (QED) is 0.480. The summed E-state index contributed by atoms with van der Waals surface area (Å²) in [4.78, 5) is 17.8. The van der Waals surface area contributed by atoms with E-state index in [1.165, 1.54) is 11.1 Å². The predicted octanol–water partition coefficient (Wildman–Crippen LogP) is 4.72. The molecule has 3 atom stereocenters. The smallest absolute Gasteiger partial charge is 0.252 e. The number of aromatic nitrogens is 3. The van der Waals surface area contributed by atoms with Crippen LogP contribution >= 0.6 is 0 Å². The van der Waals surface area contributed by atoms with E-state index in [1.807, 2.05) is 6.07 Å². The van der Waals surface area contributed by atoms with E-state index in [0.717, 1.165) is 55.5 Å². The molecule has 2 aromatic heterocycles. The van der Waals surface area contributed by atoms with Gasteiger partial charge in [-0.1, -0.05) is 19.9 Å². The van der Waals surface area contributed by atoms with Gasteiger partial charge < -0.3 is 9.47 Å². The minimum absolute atomic E-state index is 0.0758. The number of benzene rings is 1. The Hall–Kier alpha value is -3.18. The van der Waals surface area contributed by atoms with Crippen LogP contribution in [0.15, 0.2) is 35.3 Å². The van der Waals surface area contributed by atoms with Crippen LogP contribution in [0.1, 0.15) is 69.5 Å². The highest BCUT2D eigenvalue weighted by atomic mass is 19.1. The lowest BCUT2D eigenvalue weighted by Crippen LogP contribution is -2.59. The number of pyridine rings is 1. The van der Waals surface area contributed by atoms with E-state index in [4.69, 9.17) is 10.4 Å². The third-order valence-electron chi connectivity index (χ3n) is 8.17. The van der Waals surface area contributed by atoms with E-state index in [1.54, 1.807) is 40.7 Å². The number of halogens is 1. The first-order valence-corrected chi connectivity index (χ1v) is 13.1. The molecule has 2 fully saturated rings. The molecule has 7 nitrogen and oxygen atoms in total. The summed E-state index contributed by atoms with van der Waals surface area (Å²) in [5.74, 6) is 0.334. The number of aryl methyl sites for hydroxylation is 1. The van der Waals surface area contributed by atoms with Crippen molar-refractivity contribution in [3.8, 4) is 6.07 Å². The zero-order valence-electron chi connectivity index (χ0n) is 21.6. The lowest BCUT2D eigenvalue weighted by molar-refractivity contribution is 0.101. The standard InChI is InChI=1S/C28H35FN6O/c1-5-21-16-35(25-14-27(36)32(4)26-17-33(12-11-30)31-28(25)26)22(6-2)15-34(21)18(3)23-10-9-20(29)13-24(23)19-7-8-19/h9-10,13-14,17-19,21-22H,5-8,12,15-16H2,1-4H3/t18?,21-,22+/m1/s1. The summed E-state index contributed by atoms with van der Waals surface area (Å²) < 4.78 is 17.3. The highest BCUT2D eigenvalue weighted by molar-refractivity contribution is 5.88. The minimum Gasteiger partial charge on any atom is -0.364 e. The summed E-state index contributed by atoms with van der Waals surface area (Å²) in [6.07, 6.45) is 5.96. The average molecular weight is 491 g/mol. The third-order valence-corrected chi connectivity index (χ3v) is 8.17. The van der Waals surface area contributed by atoms with Crippen molar-refractivity contribution in [2.45, 2.75) is 77.0 Å². The van der Waals surface area contributed by atoms with Gasteiger partial charge in [0.15, 0.2) is 0 Å². The lowest BCUT2D eigenvalue weighted by atomic mass is 9.92. The first-order chi connectivity index (χ1) is 17.4. The Morgan fingerprint density at radius 1 is 1.17 bits per heavy atom. The van der Waals surface area contributed by atoms with Crippen molar-refractivity contribution in [1.29, 1.82) is 5.26 Å². The second-order valence-corrected chi connectivity index (χ2v) is 10.3. The second kappa shape index (κ2) is 9.70. The van der Waals surface area contributed by atoms with Crippen LogP contribution in [-0.4, -0.2) is 44.4 Å². The average Bonchev–Trinajstić information content (AvgIpc) is 3.64. The van der Waals surface area contributed by atoms with Crippen molar-refractivity contribution < 1.29 is 4.39 Å². The van der Waals surface area contributed by atoms with Gasteiger partial charge in [0, 0.05) is 44.3 Å². The van der Waals surface area contributed by atoms with Gasteiger partial charge in [-0.3, -0.25) is 14.4 Å². The molecule has 3 heterocycles. The molecule has 1 unspecified atom stereocenters. The van der Waals surface area contributed by atoms with Crippen molar-refractivity contribution in [3.05, 3.63) is 57.8 Å². The van der Waals surface area contributed by atoms with Crippen LogP contribution in [0.4, 0.5) is 10.1 Å². The molecule has 1 saturated heterocycles. The summed E-state index contributed by atoms with van der Waals surface area (Å²) in [6, 6.07) is 9.83. The molecule has 1 saturated carbocycles. The number of piperazine rings is 1. The molecule has 8 heteroatoms. The number of nitriles is 1. The first kappa shape index (κ1) is 24.5. The van der Waals surface area contributed by atoms with Crippen LogP contribution in [0.2, 0.25) is 0 Å². The van der Waals surface area contributed by atoms with Crippen LogP contribution in [0, 0.1) is 17.1 Å². The van der Waals surface area contributed by atoms with E-state index >= 15 is 0 Å². The Kier molecular flexibility index (Phi) is 6.60. The molecule has 3 aromatic rings. The Labute approximate surface area is 211 Å². The highest BCUT2D eigenvalue weighted by Crippen LogP contribution is 2.45. The van der Waals surface area contributed by atoms with Gasteiger partial charge in [-0.25, -0.2) is 4.39 Å². The fourth-order valence-electron chi connectivity index (χ4n) is 5.92. The highest BCUT2D eigenvalue weighted by Gasteiger charge is 2.38. The molecule has 0 amide bonds. The molecular weight excluding hydrogens is 455 g/mol. The molecular formula is C28H35FN6O. The monoisotopic (exact) mass is 490 g/mol. The number of rotatable bonds is 7. The first-order valence-electron chi connectivity index (χ1n) is 13.1. The molecule has 2 aliphatic rings. The van der Waals surface area contributed by atoms with Crippen LogP contribution in [0.25, 0.3) is 11.0 Å². The topological polar surface area (TPSA) is 70.1 Å². The minimum atomic E-state index is -0.151. The zero-order chi connectivity index (χ0) is 25.6. The maximum Gasteiger partial charge on any atom is 0.252 e. The van der Waals surface area contributed by atoms with Crippen molar-refractivity contribution in [3.63, 3.8) is 0 Å². The van der Waals surface area contributed by atoms with E-state index in [9.17, 15) is 9.18 Å². The van der Waals surface area contributed by atoms with Gasteiger partial charge >= 0.3 is 0 Å². The van der Waals surface area contributed by atoms with E-state index in [0.29, 0.717) is 5.92 Å². The number of nitrogens with zero attached hydrogens (tertiary/aromatic N) is 6. The summed E-state index contributed by atoms with van der Waals surface area (Å²) in [5.41, 5.74) is 4.69. The molecule has 190 valence electrons. The van der Waals surface area contributed by atoms with Gasteiger partial charge in [0.05, 0.1) is 23.5 Å². The second-order valence-electron chi connectivity index (χ2n) is 10.3. The summed E-state index contributed by atoms with van der Waals surface area (Å²) >= 11 is 0. The predicted molar refractivity (Wildman–Crippen MR) is 140 cm³/mol. The SMILES string of the molecule is CC[C@H]1CN(C(C)c2ccc(F)cc2C2CC2)[C@H](CC)CN1c1cc(=O)n(C)c2cn(CC#N)nc12. The van der Waals surface area contributed by atoms with E-state index < -0.39 is 0 Å². The number of hydrogen-bond acceptors (Lipinski definition) is 5. The van der Waals surface area contributed by atoms with Gasteiger partial charge in [-0.15, -0.1) is 0 Å². The number of anilines is 1. The molecule has 1 aliphatic carbocycles. The summed E-state index contributed by atoms with van der Waals surface area (Å²) in [5, 5.41) is 13.9. The van der Waals surface area contributed by atoms with Gasteiger partial charge in [0.2, 0.25) is 0 Å². The molecule has 1 aromatic carbocycles. The van der Waals surface area contributed by atoms with Gasteiger partial charge in [0.25, 0.3) is 5.56 Å². The Morgan fingerprint density at radius 2 is 1.92 bits per heavy atom. The van der Waals surface area contributed by atoms with Gasteiger partial charge in [-0.2, -0.15) is 10.4 Å². The number of hydrogen-bond donors (Lipinski definition) is 0. The van der Waals surface area contributed by atoms with Crippen LogP contribution < -0.4 is 10.5 Å². The molecule has 0 spiro atoms. The molecule has 5 rings (SSSR count). The largest absolute Gasteiger partial charge is 0.364 e. The summed E-state index contributed by atoms with van der Waals surface area (Å²) in [6.45, 7) is 8.43. The lowest BCUT2D eigenvalue weighted by Gasteiger charge is -2.49. The molecule has 1 aliphatic heterocycles.